The van der Waals surface area contributed by atoms with Gasteiger partial charge >= 0.3 is 6.61 Å². The fourth-order valence-electron chi connectivity index (χ4n) is 4.54. The molecule has 0 spiro atoms. The van der Waals surface area contributed by atoms with Gasteiger partial charge in [0.25, 0.3) is 0 Å². The molecular weight excluding hydrogens is 404 g/mol. The predicted octanol–water partition coefficient (Wildman–Crippen LogP) is 5.35. The topological polar surface area (TPSA) is 65.5 Å². The molecule has 2 aromatic rings. The van der Waals surface area contributed by atoms with Crippen molar-refractivity contribution in [1.29, 1.82) is 0 Å². The van der Waals surface area contributed by atoms with Crippen molar-refractivity contribution in [1.82, 2.24) is 10.2 Å². The van der Waals surface area contributed by atoms with Gasteiger partial charge in [-0.05, 0) is 56.2 Å². The van der Waals surface area contributed by atoms with Crippen molar-refractivity contribution in [3.05, 3.63) is 29.3 Å². The first kappa shape index (κ1) is 21.7. The third-order valence-corrected chi connectivity index (χ3v) is 6.00. The first-order chi connectivity index (χ1) is 15.2. The Morgan fingerprint density at radius 3 is 2.55 bits per heavy atom. The van der Waals surface area contributed by atoms with Gasteiger partial charge < -0.3 is 19.5 Å². The van der Waals surface area contributed by atoms with E-state index in [0.717, 1.165) is 42.8 Å². The minimum absolute atomic E-state index is 0.0118. The normalized spacial score (nSPS) is 16.8. The van der Waals surface area contributed by atoms with E-state index in [1.807, 2.05) is 0 Å². The lowest BCUT2D eigenvalue weighted by Gasteiger charge is -2.27. The summed E-state index contributed by atoms with van der Waals surface area (Å²) in [6.07, 6.45) is 10.2. The van der Waals surface area contributed by atoms with Crippen LogP contribution in [0.2, 0.25) is 0 Å². The Bertz CT molecular complexity index is 889. The number of nitrogens with one attached hydrogen (secondary N) is 1. The first-order valence-electron chi connectivity index (χ1n) is 11.0. The molecule has 0 atom stereocenters. The molecule has 2 aliphatic carbocycles. The smallest absolute Gasteiger partial charge is 0.387 e. The lowest BCUT2D eigenvalue weighted by atomic mass is 9.88. The molecule has 0 bridgehead atoms. The summed E-state index contributed by atoms with van der Waals surface area (Å²) in [7, 11) is 1.51. The third kappa shape index (κ3) is 5.23. The van der Waals surface area contributed by atoms with Crippen LogP contribution in [0.3, 0.4) is 0 Å². The molecule has 0 unspecified atom stereocenters. The first-order valence-corrected chi connectivity index (χ1v) is 11.0. The average molecular weight is 433 g/mol. The molecule has 0 amide bonds. The van der Waals surface area contributed by atoms with Gasteiger partial charge in [0.05, 0.1) is 0 Å². The zero-order valence-electron chi connectivity index (χ0n) is 17.8. The quantitative estimate of drug-likeness (QED) is 0.566. The summed E-state index contributed by atoms with van der Waals surface area (Å²) in [6.45, 7) is -2.92. The highest BCUT2D eigenvalue weighted by atomic mass is 19.3. The molecule has 0 radical (unpaired) electrons. The molecular formula is C23H29F2N3O3. The van der Waals surface area contributed by atoms with E-state index in [9.17, 15) is 8.78 Å². The van der Waals surface area contributed by atoms with Crippen molar-refractivity contribution in [3.63, 3.8) is 0 Å². The van der Waals surface area contributed by atoms with Crippen molar-refractivity contribution in [2.45, 2.75) is 70.4 Å². The molecule has 1 heterocycles. The van der Waals surface area contributed by atoms with Crippen molar-refractivity contribution in [2.75, 3.05) is 19.2 Å². The summed E-state index contributed by atoms with van der Waals surface area (Å²) >= 11 is 0. The van der Waals surface area contributed by atoms with E-state index in [4.69, 9.17) is 9.47 Å². The van der Waals surface area contributed by atoms with Gasteiger partial charge in [0.1, 0.15) is 17.2 Å². The Morgan fingerprint density at radius 2 is 1.81 bits per heavy atom. The van der Waals surface area contributed by atoms with Crippen molar-refractivity contribution < 1.29 is 23.0 Å². The molecule has 2 aliphatic rings. The number of nitrogens with zero attached hydrogens (tertiary/aromatic N) is 2. The third-order valence-electron chi connectivity index (χ3n) is 6.00. The Balaban J connectivity index is 1.70. The maximum absolute atomic E-state index is 12.7. The van der Waals surface area contributed by atoms with Gasteiger partial charge in [-0.25, -0.2) is 0 Å². The number of alkyl halides is 2. The number of ether oxygens (including phenoxy) is 3. The molecule has 1 fully saturated rings. The van der Waals surface area contributed by atoms with Crippen LogP contribution in [-0.4, -0.2) is 36.8 Å². The molecule has 0 saturated heterocycles. The molecule has 0 aliphatic heterocycles. The molecule has 168 valence electrons. The molecule has 8 heteroatoms. The monoisotopic (exact) mass is 433 g/mol. The SMILES string of the molecule is COCOc1cc(OC(F)F)ccc1-c1nnc(NC2CCCCC2)c2c1CCCC2. The van der Waals surface area contributed by atoms with Crippen LogP contribution in [0.15, 0.2) is 18.2 Å². The average Bonchev–Trinajstić information content (AvgIpc) is 2.79. The minimum Gasteiger partial charge on any atom is -0.467 e. The van der Waals surface area contributed by atoms with E-state index in [0.29, 0.717) is 17.4 Å². The van der Waals surface area contributed by atoms with Crippen LogP contribution in [-0.2, 0) is 17.6 Å². The second-order valence-corrected chi connectivity index (χ2v) is 8.13. The van der Waals surface area contributed by atoms with Gasteiger partial charge in [0.2, 0.25) is 0 Å². The summed E-state index contributed by atoms with van der Waals surface area (Å²) in [4.78, 5) is 0. The minimum atomic E-state index is -2.90. The number of aromatic nitrogens is 2. The summed E-state index contributed by atoms with van der Waals surface area (Å²) in [6, 6.07) is 5.11. The van der Waals surface area contributed by atoms with Gasteiger partial charge in [-0.3, -0.25) is 0 Å². The zero-order chi connectivity index (χ0) is 21.6. The summed E-state index contributed by atoms with van der Waals surface area (Å²) in [5.74, 6) is 1.31. The largest absolute Gasteiger partial charge is 0.467 e. The Labute approximate surface area is 181 Å². The molecule has 1 saturated carbocycles. The van der Waals surface area contributed by atoms with Crippen molar-refractivity contribution in [3.8, 4) is 22.8 Å². The number of anilines is 1. The second-order valence-electron chi connectivity index (χ2n) is 8.13. The highest BCUT2D eigenvalue weighted by Crippen LogP contribution is 2.39. The highest BCUT2D eigenvalue weighted by molar-refractivity contribution is 5.74. The van der Waals surface area contributed by atoms with Crippen LogP contribution in [0.25, 0.3) is 11.3 Å². The van der Waals surface area contributed by atoms with E-state index in [1.54, 1.807) is 6.07 Å². The van der Waals surface area contributed by atoms with Crippen LogP contribution < -0.4 is 14.8 Å². The van der Waals surface area contributed by atoms with Gasteiger partial charge in [-0.15, -0.1) is 10.2 Å². The second kappa shape index (κ2) is 10.2. The zero-order valence-corrected chi connectivity index (χ0v) is 17.8. The number of fused-ring (bicyclic) bond motifs is 1. The number of methoxy groups -OCH3 is 1. The van der Waals surface area contributed by atoms with E-state index in [-0.39, 0.29) is 12.5 Å². The Kier molecular flexibility index (Phi) is 7.17. The molecule has 31 heavy (non-hydrogen) atoms. The summed E-state index contributed by atoms with van der Waals surface area (Å²) in [5.41, 5.74) is 3.81. The van der Waals surface area contributed by atoms with Gasteiger partial charge in [-0.2, -0.15) is 8.78 Å². The van der Waals surface area contributed by atoms with E-state index >= 15 is 0 Å². The van der Waals surface area contributed by atoms with Crippen LogP contribution in [0.4, 0.5) is 14.6 Å². The molecule has 1 aromatic heterocycles. The predicted molar refractivity (Wildman–Crippen MR) is 114 cm³/mol. The molecule has 6 nitrogen and oxygen atoms in total. The lowest BCUT2D eigenvalue weighted by Crippen LogP contribution is -2.25. The fourth-order valence-corrected chi connectivity index (χ4v) is 4.54. The number of hydrogen-bond donors (Lipinski definition) is 1. The highest BCUT2D eigenvalue weighted by Gasteiger charge is 2.24. The van der Waals surface area contributed by atoms with E-state index in [1.165, 1.54) is 56.9 Å². The molecule has 1 aromatic carbocycles. The number of rotatable bonds is 8. The van der Waals surface area contributed by atoms with Crippen LogP contribution in [0.5, 0.6) is 11.5 Å². The molecule has 4 rings (SSSR count). The maximum Gasteiger partial charge on any atom is 0.387 e. The maximum atomic E-state index is 12.7. The van der Waals surface area contributed by atoms with E-state index < -0.39 is 6.61 Å². The standard InChI is InChI=1S/C23H29F2N3O3/c1-29-14-30-20-13-16(31-23(24)25)11-12-19(20)21-17-9-5-6-10-18(17)22(28-27-21)26-15-7-3-2-4-8-15/h11-13,15,23H,2-10,14H2,1H3,(H,26,28). The van der Waals surface area contributed by atoms with Gasteiger partial charge in [0, 0.05) is 30.3 Å². The van der Waals surface area contributed by atoms with Crippen LogP contribution in [0.1, 0.15) is 56.1 Å². The summed E-state index contributed by atoms with van der Waals surface area (Å²) < 4.78 is 40.6. The van der Waals surface area contributed by atoms with Gasteiger partial charge in [0.15, 0.2) is 12.6 Å². The molecule has 1 N–H and O–H groups in total. The number of benzene rings is 1. The van der Waals surface area contributed by atoms with Crippen molar-refractivity contribution in [2.24, 2.45) is 0 Å². The van der Waals surface area contributed by atoms with Crippen molar-refractivity contribution >= 4 is 5.82 Å². The van der Waals surface area contributed by atoms with Crippen LogP contribution in [0, 0.1) is 0 Å². The Morgan fingerprint density at radius 1 is 1.03 bits per heavy atom. The Hall–Kier alpha value is -2.48. The number of hydrogen-bond acceptors (Lipinski definition) is 6. The van der Waals surface area contributed by atoms with Gasteiger partial charge in [-0.1, -0.05) is 19.3 Å². The fraction of sp³-hybridized carbons (Fsp3) is 0.565. The summed E-state index contributed by atoms with van der Waals surface area (Å²) in [5, 5.41) is 12.8. The number of halogens is 2. The van der Waals surface area contributed by atoms with E-state index in [2.05, 4.69) is 20.3 Å². The lowest BCUT2D eigenvalue weighted by molar-refractivity contribution is -0.0500. The van der Waals surface area contributed by atoms with Crippen LogP contribution >= 0.6 is 0 Å².